The maximum absolute atomic E-state index is 13.1. The van der Waals surface area contributed by atoms with E-state index in [4.69, 9.17) is 5.10 Å². The van der Waals surface area contributed by atoms with Crippen LogP contribution >= 0.6 is 11.3 Å². The first kappa shape index (κ1) is 21.2. The zero-order valence-electron chi connectivity index (χ0n) is 18.9. The second-order valence-corrected chi connectivity index (χ2v) is 10.1. The van der Waals surface area contributed by atoms with Crippen molar-refractivity contribution in [3.05, 3.63) is 75.6 Å². The molecule has 0 unspecified atom stereocenters. The van der Waals surface area contributed by atoms with Crippen LogP contribution < -0.4 is 5.32 Å². The van der Waals surface area contributed by atoms with Crippen molar-refractivity contribution < 1.29 is 4.79 Å². The van der Waals surface area contributed by atoms with Gasteiger partial charge in [-0.15, -0.1) is 11.3 Å². The van der Waals surface area contributed by atoms with E-state index in [2.05, 4.69) is 42.2 Å². The third-order valence-corrected chi connectivity index (χ3v) is 7.39. The van der Waals surface area contributed by atoms with Gasteiger partial charge in [-0.3, -0.25) is 19.5 Å². The lowest BCUT2D eigenvalue weighted by atomic mass is 10.0. The lowest BCUT2D eigenvalue weighted by Gasteiger charge is -2.27. The van der Waals surface area contributed by atoms with Crippen molar-refractivity contribution in [2.75, 3.05) is 6.54 Å². The van der Waals surface area contributed by atoms with Crippen molar-refractivity contribution in [1.29, 1.82) is 0 Å². The van der Waals surface area contributed by atoms with Gasteiger partial charge in [-0.1, -0.05) is 30.3 Å². The smallest absolute Gasteiger partial charge is 0.272 e. The third-order valence-electron chi connectivity index (χ3n) is 6.61. The SMILES string of the molecule is O=C(NCc1nccs1)c1nn(CC2CC2)c2c1CN(Cc1cn[nH]c1-c1ccccc1)CC2. The number of H-pyrrole nitrogens is 1. The number of hydrogen-bond donors (Lipinski definition) is 2. The van der Waals surface area contributed by atoms with Gasteiger partial charge < -0.3 is 5.32 Å². The van der Waals surface area contributed by atoms with Gasteiger partial charge in [0.05, 0.1) is 18.4 Å². The van der Waals surface area contributed by atoms with Crippen LogP contribution in [0.2, 0.25) is 0 Å². The standard InChI is InChI=1S/C25H27N7OS/c33-25(27-13-22-26-9-11-34-22)24-20-16-31(10-8-21(20)32(30-24)14-17-6-7-17)15-19-12-28-29-23(19)18-4-2-1-3-5-18/h1-5,9,11-12,17H,6-8,10,13-16H2,(H,27,33)(H,28,29). The van der Waals surface area contributed by atoms with Crippen LogP contribution in [0.3, 0.4) is 0 Å². The molecule has 4 aromatic rings. The summed E-state index contributed by atoms with van der Waals surface area (Å²) in [6, 6.07) is 10.3. The van der Waals surface area contributed by atoms with E-state index in [1.165, 1.54) is 18.5 Å². The average Bonchev–Trinajstić information content (AvgIpc) is 3.23. The Labute approximate surface area is 202 Å². The molecule has 0 atom stereocenters. The normalized spacial score (nSPS) is 15.9. The number of thiazole rings is 1. The van der Waals surface area contributed by atoms with Crippen LogP contribution in [-0.4, -0.2) is 42.3 Å². The van der Waals surface area contributed by atoms with E-state index < -0.39 is 0 Å². The van der Waals surface area contributed by atoms with Crippen molar-refractivity contribution in [2.45, 2.75) is 45.4 Å². The molecule has 0 saturated heterocycles. The van der Waals surface area contributed by atoms with Gasteiger partial charge in [0, 0.05) is 61.0 Å². The molecule has 174 valence electrons. The van der Waals surface area contributed by atoms with Crippen LogP contribution in [0.15, 0.2) is 48.1 Å². The zero-order valence-corrected chi connectivity index (χ0v) is 19.7. The Morgan fingerprint density at radius 3 is 2.91 bits per heavy atom. The first-order valence-electron chi connectivity index (χ1n) is 11.8. The molecular weight excluding hydrogens is 446 g/mol. The van der Waals surface area contributed by atoms with Crippen LogP contribution in [0.25, 0.3) is 11.3 Å². The summed E-state index contributed by atoms with van der Waals surface area (Å²) in [4.78, 5) is 19.8. The summed E-state index contributed by atoms with van der Waals surface area (Å²) >= 11 is 1.54. The van der Waals surface area contributed by atoms with Crippen LogP contribution in [0, 0.1) is 5.92 Å². The second kappa shape index (κ2) is 9.15. The summed E-state index contributed by atoms with van der Waals surface area (Å²) < 4.78 is 2.11. The van der Waals surface area contributed by atoms with Gasteiger partial charge in [-0.25, -0.2) is 4.98 Å². The number of aromatic nitrogens is 5. The first-order chi connectivity index (χ1) is 16.7. The van der Waals surface area contributed by atoms with Crippen molar-refractivity contribution in [3.8, 4) is 11.3 Å². The molecule has 0 radical (unpaired) electrons. The molecule has 1 aromatic carbocycles. The van der Waals surface area contributed by atoms with Gasteiger partial charge in [0.1, 0.15) is 5.01 Å². The Morgan fingerprint density at radius 1 is 1.24 bits per heavy atom. The van der Waals surface area contributed by atoms with E-state index >= 15 is 0 Å². The molecule has 9 heteroatoms. The van der Waals surface area contributed by atoms with Crippen LogP contribution in [0.1, 0.15) is 45.2 Å². The van der Waals surface area contributed by atoms with E-state index in [1.807, 2.05) is 29.8 Å². The monoisotopic (exact) mass is 473 g/mol. The quantitative estimate of drug-likeness (QED) is 0.408. The van der Waals surface area contributed by atoms with Crippen molar-refractivity contribution in [1.82, 2.24) is 35.2 Å². The number of benzene rings is 1. The predicted octanol–water partition coefficient (Wildman–Crippen LogP) is 3.63. The maximum atomic E-state index is 13.1. The summed E-state index contributed by atoms with van der Waals surface area (Å²) in [5, 5.41) is 18.1. The number of aromatic amines is 1. The minimum Gasteiger partial charge on any atom is -0.344 e. The molecule has 34 heavy (non-hydrogen) atoms. The molecule has 0 bridgehead atoms. The number of carbonyl (C=O) groups is 1. The number of carbonyl (C=O) groups excluding carboxylic acids is 1. The van der Waals surface area contributed by atoms with Gasteiger partial charge in [-0.2, -0.15) is 10.2 Å². The van der Waals surface area contributed by atoms with Gasteiger partial charge in [0.2, 0.25) is 0 Å². The number of amides is 1. The van der Waals surface area contributed by atoms with Crippen molar-refractivity contribution in [2.24, 2.45) is 5.92 Å². The molecule has 4 heterocycles. The van der Waals surface area contributed by atoms with E-state index in [1.54, 1.807) is 17.5 Å². The summed E-state index contributed by atoms with van der Waals surface area (Å²) in [6.45, 7) is 3.76. The third kappa shape index (κ3) is 4.41. The fourth-order valence-corrected chi connectivity index (χ4v) is 5.22. The maximum Gasteiger partial charge on any atom is 0.272 e. The molecule has 2 N–H and O–H groups in total. The van der Waals surface area contributed by atoms with Crippen molar-refractivity contribution in [3.63, 3.8) is 0 Å². The van der Waals surface area contributed by atoms with Crippen LogP contribution in [0.4, 0.5) is 0 Å². The molecule has 2 aliphatic rings. The molecule has 6 rings (SSSR count). The highest BCUT2D eigenvalue weighted by Gasteiger charge is 2.31. The van der Waals surface area contributed by atoms with Gasteiger partial charge in [0.15, 0.2) is 5.69 Å². The van der Waals surface area contributed by atoms with Gasteiger partial charge in [0.25, 0.3) is 5.91 Å². The molecule has 1 amide bonds. The van der Waals surface area contributed by atoms with Gasteiger partial charge >= 0.3 is 0 Å². The molecule has 1 aliphatic heterocycles. The highest BCUT2D eigenvalue weighted by molar-refractivity contribution is 7.09. The molecule has 1 fully saturated rings. The minimum absolute atomic E-state index is 0.115. The molecule has 1 aliphatic carbocycles. The summed E-state index contributed by atoms with van der Waals surface area (Å²) in [7, 11) is 0. The van der Waals surface area contributed by atoms with Crippen molar-refractivity contribution >= 4 is 17.2 Å². The number of fused-ring (bicyclic) bond motifs is 1. The van der Waals surface area contributed by atoms with E-state index in [0.717, 1.165) is 53.4 Å². The Bertz CT molecular complexity index is 1270. The molecular formula is C25H27N7OS. The minimum atomic E-state index is -0.115. The van der Waals surface area contributed by atoms with Gasteiger partial charge in [-0.05, 0) is 24.3 Å². The number of hydrogen-bond acceptors (Lipinski definition) is 6. The Hall–Kier alpha value is -3.30. The lowest BCUT2D eigenvalue weighted by molar-refractivity contribution is 0.0942. The largest absolute Gasteiger partial charge is 0.344 e. The van der Waals surface area contributed by atoms with E-state index in [9.17, 15) is 4.79 Å². The first-order valence-corrected chi connectivity index (χ1v) is 12.7. The highest BCUT2D eigenvalue weighted by Crippen LogP contribution is 2.33. The van der Waals surface area contributed by atoms with Crippen LogP contribution in [0.5, 0.6) is 0 Å². The second-order valence-electron chi connectivity index (χ2n) is 9.10. The molecule has 8 nitrogen and oxygen atoms in total. The average molecular weight is 474 g/mol. The number of rotatable bonds is 8. The molecule has 0 spiro atoms. The predicted molar refractivity (Wildman–Crippen MR) is 130 cm³/mol. The summed E-state index contributed by atoms with van der Waals surface area (Å²) in [5.74, 6) is 0.587. The Morgan fingerprint density at radius 2 is 2.12 bits per heavy atom. The Kier molecular flexibility index (Phi) is 5.72. The van der Waals surface area contributed by atoms with E-state index in [0.29, 0.717) is 24.7 Å². The fraction of sp³-hybridized carbons (Fsp3) is 0.360. The topological polar surface area (TPSA) is 91.7 Å². The summed E-state index contributed by atoms with van der Waals surface area (Å²) in [6.07, 6.45) is 7.09. The summed E-state index contributed by atoms with van der Waals surface area (Å²) in [5.41, 5.74) is 6.19. The highest BCUT2D eigenvalue weighted by atomic mass is 32.1. The molecule has 3 aromatic heterocycles. The fourth-order valence-electron chi connectivity index (χ4n) is 4.67. The zero-order chi connectivity index (χ0) is 22.9. The molecule has 1 saturated carbocycles. The van der Waals surface area contributed by atoms with E-state index in [-0.39, 0.29) is 5.91 Å². The Balaban J connectivity index is 1.23. The number of nitrogens with one attached hydrogen (secondary N) is 2. The van der Waals surface area contributed by atoms with Crippen LogP contribution in [-0.2, 0) is 32.6 Å². The number of nitrogens with zero attached hydrogens (tertiary/aromatic N) is 5. The lowest BCUT2D eigenvalue weighted by Crippen LogP contribution is -2.32.